The van der Waals surface area contributed by atoms with Crippen LogP contribution in [0.5, 0.6) is 0 Å². The lowest BCUT2D eigenvalue weighted by Crippen LogP contribution is -2.64. The molecule has 0 bridgehead atoms. The van der Waals surface area contributed by atoms with Crippen molar-refractivity contribution in [3.05, 3.63) is 0 Å². The van der Waals surface area contributed by atoms with E-state index in [1.54, 1.807) is 0 Å². The van der Waals surface area contributed by atoms with Gasteiger partial charge in [-0.1, -0.05) is 0 Å². The second-order valence-electron chi connectivity index (χ2n) is 17.6. The summed E-state index contributed by atoms with van der Waals surface area (Å²) in [6.45, 7) is -10.5. The smallest absolute Gasteiger partial charge is 0.364 e. The molecule has 570 valence electrons. The maximum atomic E-state index is 12.7. The van der Waals surface area contributed by atoms with E-state index in [0.29, 0.717) is 0 Å². The van der Waals surface area contributed by atoms with Gasteiger partial charge in [0.25, 0.3) is 0 Å². The van der Waals surface area contributed by atoms with Crippen molar-refractivity contribution in [1.29, 1.82) is 0 Å². The summed E-state index contributed by atoms with van der Waals surface area (Å²) in [6.07, 6.45) is -63.3. The first-order valence-electron chi connectivity index (χ1n) is 22.5. The third-order valence-electron chi connectivity index (χ3n) is 10.8. The summed E-state index contributed by atoms with van der Waals surface area (Å²) in [5.74, 6) is 0. The molecular weight excluding hydrogens is 1650 g/mol. The highest BCUT2D eigenvalue weighted by atomic mass is 32.3. The Labute approximate surface area is 537 Å². The minimum atomic E-state index is -6.51. The van der Waals surface area contributed by atoms with E-state index in [1.165, 1.54) is 0 Å². The van der Waals surface area contributed by atoms with Crippen LogP contribution in [-0.4, -0.2) is 318 Å². The molecule has 0 saturated carbocycles. The van der Waals surface area contributed by atoms with Crippen LogP contribution in [0.2, 0.25) is 0 Å². The van der Waals surface area contributed by atoms with Crippen LogP contribution >= 0.6 is 0 Å². The first kappa shape index (κ1) is 86.4. The molecule has 0 amide bonds. The van der Waals surface area contributed by atoms with Gasteiger partial charge in [0, 0.05) is 0 Å². The van der Waals surface area contributed by atoms with E-state index in [-0.39, 0.29) is 0 Å². The molecule has 4 aliphatic rings. The molecule has 0 unspecified atom stereocenters. The lowest BCUT2D eigenvalue weighted by Gasteiger charge is -2.44. The number of ether oxygens (including phenoxy) is 7. The average Bonchev–Trinajstić information content (AvgIpc) is 1.00. The van der Waals surface area contributed by atoms with Crippen LogP contribution in [0.15, 0.2) is 0 Å². The van der Waals surface area contributed by atoms with E-state index < -0.39 is 285 Å². The molecule has 4 aliphatic heterocycles. The largest absolute Gasteiger partial charge is 0.397 e. The Kier molecular flexibility index (Phi) is 28.4. The van der Waals surface area contributed by atoms with Crippen molar-refractivity contribution in [3.63, 3.8) is 0 Å². The molecule has 19 atom stereocenters. The van der Waals surface area contributed by atoms with Crippen LogP contribution in [0.25, 0.3) is 0 Å². The molecule has 4 heterocycles. The van der Waals surface area contributed by atoms with Crippen molar-refractivity contribution in [3.8, 4) is 0 Å². The molecule has 59 nitrogen and oxygen atoms in total. The monoisotopic (exact) mass is 1690 g/mol. The van der Waals surface area contributed by atoms with E-state index in [4.69, 9.17) is 33.2 Å². The number of rotatable bonds is 37. The highest BCUT2D eigenvalue weighted by molar-refractivity contribution is 7.83. The first-order valence-corrected chi connectivity index (χ1v) is 40.3. The van der Waals surface area contributed by atoms with Crippen LogP contribution in [0.4, 0.5) is 0 Å². The van der Waals surface area contributed by atoms with Gasteiger partial charge in [0.05, 0.1) is 33.0 Å². The Morgan fingerprint density at radius 2 is 0.375 bits per heavy atom. The van der Waals surface area contributed by atoms with Crippen molar-refractivity contribution >= 4 is 135 Å². The molecule has 4 fully saturated rings. The van der Waals surface area contributed by atoms with Gasteiger partial charge in [-0.15, -0.1) is 0 Å². The van der Waals surface area contributed by atoms with Crippen molar-refractivity contribution in [2.24, 2.45) is 0 Å². The SMILES string of the molecule is O=S(=O)(O)OC[C@H]1O[C@@H](OC[C@@H]2O[C@H](CO[C@@H]3O[C@H](COS(=O)(=O)O)[C@@H](OS(=O)(=O)O)[C@@H](OS(=O)(=O)O)[C@@H]3OS(=O)(=O)O)[C@H](OS(=O)(=O)O)[C@@H]2O[C@@H]2O[C@H](COS(=O)(=O)O)[C@@H](OS(=O)(=O)O)[C@@H](OS(=O)(=O)O)[C@@H]2OS(=O)(=O)O)[C@@H](OS(=O)(=O)O)[C@H](OS(=O)(=O)O)[C@@H]1OS(=O)(=O)O. The molecule has 0 aromatic carbocycles. The van der Waals surface area contributed by atoms with Crippen molar-refractivity contribution < 1.29 is 256 Å². The second-order valence-corrected chi connectivity index (χ2v) is 31.4. The highest BCUT2D eigenvalue weighted by Crippen LogP contribution is 2.40. The van der Waals surface area contributed by atoms with Crippen molar-refractivity contribution in [1.82, 2.24) is 0 Å². The average molecular weight is 1690 g/mol. The number of hydrogen-bond donors (Lipinski definition) is 13. The molecule has 0 aliphatic carbocycles. The quantitative estimate of drug-likeness (QED) is 0.0257. The Hall–Kier alpha value is -1.97. The van der Waals surface area contributed by atoms with Gasteiger partial charge in [0.2, 0.25) is 0 Å². The lowest BCUT2D eigenvalue weighted by molar-refractivity contribution is -0.312. The van der Waals surface area contributed by atoms with Gasteiger partial charge >= 0.3 is 135 Å². The fraction of sp³-hybridized carbons (Fsp3) is 1.00. The molecular formula is C24H42O59S13. The third kappa shape index (κ3) is 31.3. The lowest BCUT2D eigenvalue weighted by atomic mass is 9.98. The molecule has 13 N–H and O–H groups in total. The second kappa shape index (κ2) is 31.6. The van der Waals surface area contributed by atoms with Crippen LogP contribution in [-0.2, 0) is 223 Å². The van der Waals surface area contributed by atoms with Gasteiger partial charge in [-0.3, -0.25) is 59.2 Å². The van der Waals surface area contributed by atoms with Crippen LogP contribution in [0.1, 0.15) is 0 Å². The molecule has 0 spiro atoms. The molecule has 0 radical (unpaired) electrons. The normalized spacial score (nSPS) is 32.4. The van der Waals surface area contributed by atoms with E-state index >= 15 is 0 Å². The predicted molar refractivity (Wildman–Crippen MR) is 268 cm³/mol. The molecule has 0 aromatic heterocycles. The molecule has 96 heavy (non-hydrogen) atoms. The predicted octanol–water partition coefficient (Wildman–Crippen LogP) is -11.3. The van der Waals surface area contributed by atoms with E-state index in [0.717, 1.165) is 0 Å². The Balaban J connectivity index is 2.13. The highest BCUT2D eigenvalue weighted by Gasteiger charge is 2.61. The minimum absolute atomic E-state index is 2.04. The van der Waals surface area contributed by atoms with Gasteiger partial charge < -0.3 is 33.2 Å². The minimum Gasteiger partial charge on any atom is -0.364 e. The Morgan fingerprint density at radius 1 is 0.198 bits per heavy atom. The topological polar surface area (TPSA) is 891 Å². The summed E-state index contributed by atoms with van der Waals surface area (Å²) < 4.78 is 530. The Morgan fingerprint density at radius 3 is 0.604 bits per heavy atom. The van der Waals surface area contributed by atoms with E-state index in [9.17, 15) is 169 Å². The molecule has 4 rings (SSSR count). The van der Waals surface area contributed by atoms with Gasteiger partial charge in [0.15, 0.2) is 37.2 Å². The van der Waals surface area contributed by atoms with E-state index in [1.807, 2.05) is 0 Å². The number of hydrogen-bond acceptors (Lipinski definition) is 46. The summed E-state index contributed by atoms with van der Waals surface area (Å²) in [5.41, 5.74) is 0. The van der Waals surface area contributed by atoms with Gasteiger partial charge in [-0.25, -0.2) is 54.4 Å². The summed E-state index contributed by atoms with van der Waals surface area (Å²) in [4.78, 5) is 0. The molecule has 72 heteroatoms. The Bertz CT molecular complexity index is 4280. The summed E-state index contributed by atoms with van der Waals surface area (Å²) >= 11 is 0. The zero-order valence-corrected chi connectivity index (χ0v) is 55.0. The van der Waals surface area contributed by atoms with Gasteiger partial charge in [-0.2, -0.15) is 109 Å². The summed E-state index contributed by atoms with van der Waals surface area (Å²) in [6, 6.07) is 0. The maximum Gasteiger partial charge on any atom is 0.397 e. The van der Waals surface area contributed by atoms with Crippen molar-refractivity contribution in [2.45, 2.75) is 117 Å². The van der Waals surface area contributed by atoms with Gasteiger partial charge in [-0.05, 0) is 0 Å². The maximum absolute atomic E-state index is 12.7. The first-order chi connectivity index (χ1) is 42.6. The van der Waals surface area contributed by atoms with Crippen LogP contribution in [0.3, 0.4) is 0 Å². The molecule has 4 saturated heterocycles. The van der Waals surface area contributed by atoms with E-state index in [2.05, 4.69) is 54.4 Å². The van der Waals surface area contributed by atoms with Crippen LogP contribution in [0, 0.1) is 0 Å². The molecule has 0 aromatic rings. The zero-order valence-electron chi connectivity index (χ0n) is 44.4. The summed E-state index contributed by atoms with van der Waals surface area (Å²) in [5, 5.41) is 0. The third-order valence-corrected chi connectivity index (χ3v) is 16.7. The van der Waals surface area contributed by atoms with Gasteiger partial charge in [0.1, 0.15) is 79.4 Å². The van der Waals surface area contributed by atoms with Crippen LogP contribution < -0.4 is 0 Å². The fourth-order valence-corrected chi connectivity index (χ4v) is 14.1. The van der Waals surface area contributed by atoms with Crippen molar-refractivity contribution in [2.75, 3.05) is 33.0 Å². The zero-order chi connectivity index (χ0) is 74.1. The fourth-order valence-electron chi connectivity index (χ4n) is 8.15. The standard InChI is InChI=1S/C24H42O59S13/c25-84(26,27)66-3-8-13(75-88(37,38)39)16(78-91(46,47)48)19(81-94(55,56)57)22(70-8)64-1-6-11(73-24-21(83-96(61,62)63)18(80-93(52,53)54)15(77-90(43,44)45)10(72-24)5-68-86(31,32)33)12(74-87(34,35)36)7(69-6)2-65-23-20(82-95(58,59)60)17(79-92(49,50)51)14(76-89(40,41)42)9(71-23)4-67-85(28,29)30/h6-24H,1-5H2,(H,25,26,27)(H,28,29,30)(H,31,32,33)(H,34,35,36)(H,37,38,39)(H,40,41,42)(H,43,44,45)(H,46,47,48)(H,49,50,51)(H,52,53,54)(H,55,56,57)(H,58,59,60)(H,61,62,63)/t6-,7+,8+,9+,10+,11+,12-,13+,14+,15+,16+,17+,18+,19-,20-,21-,22+,23+,24-/m0/s1. The summed E-state index contributed by atoms with van der Waals surface area (Å²) in [7, 11) is -81.5.